The molecule has 5 nitrogen and oxygen atoms in total. The highest BCUT2D eigenvalue weighted by Gasteiger charge is 2.21. The normalized spacial score (nSPS) is 17.8. The number of anilines is 1. The topological polar surface area (TPSA) is 73.2 Å². The molecule has 2 unspecified atom stereocenters. The molecule has 1 aromatic rings. The number of rotatable bonds is 9. The highest BCUT2D eigenvalue weighted by molar-refractivity contribution is 5.94. The Kier molecular flexibility index (Phi) is 16.5. The fraction of sp³-hybridized carbons (Fsp3) is 0.559. The number of hydrogen-bond donors (Lipinski definition) is 1. The van der Waals surface area contributed by atoms with Crippen LogP contribution in [0.5, 0.6) is 0 Å². The Labute approximate surface area is 237 Å². The number of carbonyl (C=O) groups excluding carboxylic acids is 2. The summed E-state index contributed by atoms with van der Waals surface area (Å²) in [7, 11) is 0. The molecular formula is C34H49N3O2. The second-order valence-electron chi connectivity index (χ2n) is 10.6. The highest BCUT2D eigenvalue weighted by Crippen LogP contribution is 2.30. The Bertz CT molecular complexity index is 1030. The van der Waals surface area contributed by atoms with E-state index in [1.54, 1.807) is 12.1 Å². The van der Waals surface area contributed by atoms with Crippen LogP contribution in [0.3, 0.4) is 0 Å². The van der Waals surface area contributed by atoms with Crippen molar-refractivity contribution in [3.05, 3.63) is 53.1 Å². The minimum absolute atomic E-state index is 0.0865. The largest absolute Gasteiger partial charge is 0.325 e. The van der Waals surface area contributed by atoms with Crippen LogP contribution in [0.25, 0.3) is 0 Å². The van der Waals surface area contributed by atoms with Gasteiger partial charge in [-0.2, -0.15) is 5.26 Å². The number of terminal acetylenes is 1. The maximum atomic E-state index is 12.1. The Morgan fingerprint density at radius 2 is 1.92 bits per heavy atom. The summed E-state index contributed by atoms with van der Waals surface area (Å²) in [6.07, 6.45) is 19.6. The van der Waals surface area contributed by atoms with E-state index >= 15 is 0 Å². The summed E-state index contributed by atoms with van der Waals surface area (Å²) in [4.78, 5) is 24.9. The smallest absolute Gasteiger partial charge is 0.238 e. The molecule has 1 aliphatic heterocycles. The zero-order chi connectivity index (χ0) is 29.2. The van der Waals surface area contributed by atoms with E-state index in [1.807, 2.05) is 26.8 Å². The van der Waals surface area contributed by atoms with Crippen LogP contribution < -0.4 is 5.32 Å². The lowest BCUT2D eigenvalue weighted by Gasteiger charge is -2.28. The molecule has 0 saturated carbocycles. The first kappa shape index (κ1) is 33.9. The number of likely N-dealkylation sites (tertiary alicyclic amines) is 1. The number of carbonyl (C=O) groups is 2. The van der Waals surface area contributed by atoms with Crippen LogP contribution in [0.2, 0.25) is 0 Å². The summed E-state index contributed by atoms with van der Waals surface area (Å²) in [6.45, 7) is 14.7. The first-order valence-corrected chi connectivity index (χ1v) is 14.6. The van der Waals surface area contributed by atoms with Crippen molar-refractivity contribution in [2.24, 2.45) is 23.7 Å². The summed E-state index contributed by atoms with van der Waals surface area (Å²) in [5.74, 6) is 5.10. The average molecular weight is 532 g/mol. The van der Waals surface area contributed by atoms with Crippen molar-refractivity contribution in [3.8, 4) is 18.4 Å². The number of aldehydes is 1. The van der Waals surface area contributed by atoms with Crippen molar-refractivity contribution in [3.63, 3.8) is 0 Å². The molecule has 2 atom stereocenters. The summed E-state index contributed by atoms with van der Waals surface area (Å²) < 4.78 is 0. The maximum Gasteiger partial charge on any atom is 0.238 e. The minimum atomic E-state index is -0.0865. The molecule has 3 rings (SSSR count). The maximum absolute atomic E-state index is 12.1. The van der Waals surface area contributed by atoms with E-state index in [4.69, 9.17) is 11.7 Å². The van der Waals surface area contributed by atoms with Gasteiger partial charge in [-0.1, -0.05) is 83.7 Å². The van der Waals surface area contributed by atoms with Gasteiger partial charge in [0.25, 0.3) is 0 Å². The van der Waals surface area contributed by atoms with E-state index < -0.39 is 0 Å². The molecule has 1 aliphatic carbocycles. The summed E-state index contributed by atoms with van der Waals surface area (Å²) in [5, 5.41) is 11.7. The van der Waals surface area contributed by atoms with Gasteiger partial charge in [0.15, 0.2) is 0 Å². The van der Waals surface area contributed by atoms with Crippen LogP contribution in [-0.2, 0) is 4.79 Å². The number of nitrogens with one attached hydrogen (secondary N) is 1. The number of piperidine rings is 1. The molecule has 1 aromatic carbocycles. The van der Waals surface area contributed by atoms with Crippen LogP contribution in [0, 0.1) is 54.3 Å². The van der Waals surface area contributed by atoms with Crippen LogP contribution in [0.15, 0.2) is 42.0 Å². The number of benzene rings is 1. The Morgan fingerprint density at radius 3 is 2.44 bits per heavy atom. The van der Waals surface area contributed by atoms with E-state index in [2.05, 4.69) is 61.2 Å². The second kappa shape index (κ2) is 19.0. The van der Waals surface area contributed by atoms with Gasteiger partial charge in [-0.05, 0) is 75.1 Å². The molecule has 1 N–H and O–H groups in total. The van der Waals surface area contributed by atoms with Crippen molar-refractivity contribution < 1.29 is 9.59 Å². The minimum Gasteiger partial charge on any atom is -0.325 e. The summed E-state index contributed by atoms with van der Waals surface area (Å²) in [5.41, 5.74) is 3.20. The Hall–Kier alpha value is -3.15. The molecule has 1 saturated heterocycles. The second-order valence-corrected chi connectivity index (χ2v) is 10.6. The van der Waals surface area contributed by atoms with E-state index in [9.17, 15) is 9.59 Å². The fourth-order valence-electron chi connectivity index (χ4n) is 4.82. The predicted octanol–water partition coefficient (Wildman–Crippen LogP) is 7.59. The Balaban J connectivity index is 0.000000379. The first-order valence-electron chi connectivity index (χ1n) is 14.6. The van der Waals surface area contributed by atoms with Gasteiger partial charge in [0.2, 0.25) is 5.91 Å². The van der Waals surface area contributed by atoms with Gasteiger partial charge in [-0.15, -0.1) is 6.42 Å². The van der Waals surface area contributed by atoms with Crippen molar-refractivity contribution in [2.75, 3.05) is 25.0 Å². The monoisotopic (exact) mass is 531 g/mol. The van der Waals surface area contributed by atoms with Crippen LogP contribution in [0.1, 0.15) is 89.1 Å². The van der Waals surface area contributed by atoms with E-state index in [0.29, 0.717) is 23.7 Å². The standard InChI is InChI=1S/C16H19N3O2.C16H24.C2H6/c1-12-2-3-14(11-20)8-15(12)18-16(21)10-19-6-4-13(9-17)5-7-19;1-5-14-8-11-16(12-9-14)15(6-2)10-7-13(3)4;1-2/h2-3,8,11,13H,4-7,10H2,1H3,(H,18,21);1,8-9,11,13,15-16H,6-7,10,12H2,2-4H3;1-2H3. The van der Waals surface area contributed by atoms with Gasteiger partial charge in [0, 0.05) is 22.7 Å². The molecule has 1 fully saturated rings. The molecule has 0 radical (unpaired) electrons. The molecule has 1 amide bonds. The number of nitriles is 1. The van der Waals surface area contributed by atoms with Crippen molar-refractivity contribution in [1.82, 2.24) is 4.90 Å². The molecule has 212 valence electrons. The van der Waals surface area contributed by atoms with E-state index in [-0.39, 0.29) is 11.8 Å². The SMILES string of the molecule is C#CC1=CCC(C(CC)CCC(C)C)C=C1.CC.Cc1ccc(C=O)cc1NC(=O)CN1CCC(C#N)CC1. The molecule has 5 heteroatoms. The lowest BCUT2D eigenvalue weighted by atomic mass is 9.80. The zero-order valence-electron chi connectivity index (χ0n) is 25.0. The summed E-state index contributed by atoms with van der Waals surface area (Å²) in [6, 6.07) is 7.50. The van der Waals surface area contributed by atoms with Crippen LogP contribution in [0.4, 0.5) is 5.69 Å². The Morgan fingerprint density at radius 1 is 1.23 bits per heavy atom. The third-order valence-corrected chi connectivity index (χ3v) is 7.35. The van der Waals surface area contributed by atoms with E-state index in [0.717, 1.165) is 61.6 Å². The number of allylic oxidation sites excluding steroid dienone is 4. The summed E-state index contributed by atoms with van der Waals surface area (Å²) >= 11 is 0. The lowest BCUT2D eigenvalue weighted by Crippen LogP contribution is -2.39. The van der Waals surface area contributed by atoms with Crippen LogP contribution in [-0.4, -0.2) is 36.7 Å². The first-order chi connectivity index (χ1) is 18.8. The van der Waals surface area contributed by atoms with Gasteiger partial charge in [-0.3, -0.25) is 14.5 Å². The molecule has 0 bridgehead atoms. The van der Waals surface area contributed by atoms with Crippen molar-refractivity contribution in [2.45, 2.75) is 80.1 Å². The number of amides is 1. The predicted molar refractivity (Wildman–Crippen MR) is 163 cm³/mol. The number of hydrogen-bond acceptors (Lipinski definition) is 4. The van der Waals surface area contributed by atoms with Crippen LogP contribution >= 0.6 is 0 Å². The molecule has 39 heavy (non-hydrogen) atoms. The van der Waals surface area contributed by atoms with Gasteiger partial charge in [0.05, 0.1) is 12.6 Å². The molecule has 0 spiro atoms. The van der Waals surface area contributed by atoms with Crippen molar-refractivity contribution >= 4 is 17.9 Å². The molecular weight excluding hydrogens is 482 g/mol. The molecule has 0 aromatic heterocycles. The van der Waals surface area contributed by atoms with Crippen molar-refractivity contribution in [1.29, 1.82) is 5.26 Å². The fourth-order valence-corrected chi connectivity index (χ4v) is 4.82. The molecule has 1 heterocycles. The highest BCUT2D eigenvalue weighted by atomic mass is 16.2. The third-order valence-electron chi connectivity index (χ3n) is 7.35. The molecule has 2 aliphatic rings. The van der Waals surface area contributed by atoms with Gasteiger partial charge in [-0.25, -0.2) is 0 Å². The number of aryl methyl sites for hydroxylation is 1. The van der Waals surface area contributed by atoms with Gasteiger partial charge >= 0.3 is 0 Å². The van der Waals surface area contributed by atoms with Gasteiger partial charge in [0.1, 0.15) is 6.29 Å². The van der Waals surface area contributed by atoms with E-state index in [1.165, 1.54) is 19.3 Å². The lowest BCUT2D eigenvalue weighted by molar-refractivity contribution is -0.117. The quantitative estimate of drug-likeness (QED) is 0.263. The third kappa shape index (κ3) is 12.5. The number of nitrogens with zero attached hydrogens (tertiary/aromatic N) is 2. The zero-order valence-corrected chi connectivity index (χ0v) is 25.0. The average Bonchev–Trinajstić information content (AvgIpc) is 2.96. The van der Waals surface area contributed by atoms with Gasteiger partial charge < -0.3 is 5.32 Å².